The lowest BCUT2D eigenvalue weighted by molar-refractivity contribution is 0.487. The summed E-state index contributed by atoms with van der Waals surface area (Å²) < 4.78 is 16.0. The predicted molar refractivity (Wildman–Crippen MR) is 210 cm³/mol. The van der Waals surface area contributed by atoms with Crippen LogP contribution in [-0.4, -0.2) is 0 Å². The molecule has 234 valence electrons. The smallest absolute Gasteiger partial charge is 0.159 e. The number of furan rings is 1. The summed E-state index contributed by atoms with van der Waals surface area (Å²) in [5.41, 5.74) is 9.48. The molecule has 0 fully saturated rings. The van der Waals surface area contributed by atoms with Crippen molar-refractivity contribution < 1.29 is 9.15 Å². The molecule has 0 saturated heterocycles. The molecule has 10 aromatic rings. The van der Waals surface area contributed by atoms with Crippen LogP contribution in [-0.2, 0) is 0 Å². The minimum atomic E-state index is 0.834. The van der Waals surface area contributed by atoms with Gasteiger partial charge < -0.3 is 14.1 Å². The van der Waals surface area contributed by atoms with Crippen LogP contribution in [0.4, 0.5) is 17.1 Å². The van der Waals surface area contributed by atoms with Crippen LogP contribution in [0.25, 0.3) is 75.1 Å². The lowest BCUT2D eigenvalue weighted by atomic mass is 9.90. The fourth-order valence-electron chi connectivity index (χ4n) is 7.85. The number of para-hydroxylation sites is 2. The molecule has 11 rings (SSSR count). The van der Waals surface area contributed by atoms with Crippen LogP contribution in [0.1, 0.15) is 0 Å². The average molecular weight is 658 g/mol. The first kappa shape index (κ1) is 27.6. The third-order valence-corrected chi connectivity index (χ3v) is 11.3. The Bertz CT molecular complexity index is 2860. The summed E-state index contributed by atoms with van der Waals surface area (Å²) in [6, 6.07) is 58.1. The third kappa shape index (κ3) is 3.97. The van der Waals surface area contributed by atoms with Gasteiger partial charge in [-0.3, -0.25) is 0 Å². The first-order chi connectivity index (χ1) is 24.8. The second-order valence-electron chi connectivity index (χ2n) is 12.8. The molecular formula is C46H27NO2S. The zero-order valence-corrected chi connectivity index (χ0v) is 27.6. The Labute approximate surface area is 291 Å². The van der Waals surface area contributed by atoms with Crippen LogP contribution in [0.5, 0.6) is 11.5 Å². The van der Waals surface area contributed by atoms with Crippen LogP contribution in [0.15, 0.2) is 168 Å². The molecule has 2 aromatic heterocycles. The molecule has 0 saturated carbocycles. The van der Waals surface area contributed by atoms with E-state index in [-0.39, 0.29) is 0 Å². The fourth-order valence-corrected chi connectivity index (χ4v) is 9.06. The molecule has 3 nitrogen and oxygen atoms in total. The number of ether oxygens (including phenoxy) is 1. The minimum absolute atomic E-state index is 0.834. The van der Waals surface area contributed by atoms with Gasteiger partial charge in [0.1, 0.15) is 17.1 Å². The van der Waals surface area contributed by atoms with Crippen LogP contribution >= 0.6 is 11.3 Å². The van der Waals surface area contributed by atoms with Gasteiger partial charge in [0, 0.05) is 43.3 Å². The van der Waals surface area contributed by atoms with Gasteiger partial charge in [0.2, 0.25) is 0 Å². The van der Waals surface area contributed by atoms with Gasteiger partial charge in [-0.05, 0) is 64.5 Å². The zero-order chi connectivity index (χ0) is 32.8. The number of nitrogens with zero attached hydrogens (tertiary/aromatic N) is 1. The fraction of sp³-hybridized carbons (Fsp3) is 0. The summed E-state index contributed by atoms with van der Waals surface area (Å²) in [5.74, 6) is 1.71. The van der Waals surface area contributed by atoms with Gasteiger partial charge in [0.05, 0.1) is 21.8 Å². The quantitative estimate of drug-likeness (QED) is 0.188. The molecule has 4 heteroatoms. The van der Waals surface area contributed by atoms with Crippen LogP contribution < -0.4 is 9.64 Å². The SMILES string of the molecule is c1ccc(-c2ccc3c4c(cccc24)-c2ccc(N(c4cccc5c4oc4ccccc45)c4cccc5c4sc4ccccc45)cc2O3)cc1. The molecule has 0 spiro atoms. The highest BCUT2D eigenvalue weighted by molar-refractivity contribution is 7.26. The van der Waals surface area contributed by atoms with E-state index in [2.05, 4.69) is 157 Å². The van der Waals surface area contributed by atoms with Crippen molar-refractivity contribution in [3.8, 4) is 33.8 Å². The van der Waals surface area contributed by atoms with E-state index in [0.717, 1.165) is 61.4 Å². The van der Waals surface area contributed by atoms with Gasteiger partial charge in [0.15, 0.2) is 5.58 Å². The molecule has 0 unspecified atom stereocenters. The van der Waals surface area contributed by atoms with Crippen molar-refractivity contribution in [2.24, 2.45) is 0 Å². The number of fused-ring (bicyclic) bond motifs is 8. The largest absolute Gasteiger partial charge is 0.456 e. The topological polar surface area (TPSA) is 25.6 Å². The molecule has 0 radical (unpaired) electrons. The second kappa shape index (κ2) is 10.6. The number of hydrogen-bond donors (Lipinski definition) is 0. The maximum atomic E-state index is 6.83. The van der Waals surface area contributed by atoms with Crippen molar-refractivity contribution >= 4 is 81.3 Å². The molecule has 0 bridgehead atoms. The summed E-state index contributed by atoms with van der Waals surface area (Å²) in [7, 11) is 0. The highest BCUT2D eigenvalue weighted by Crippen LogP contribution is 2.52. The summed E-state index contributed by atoms with van der Waals surface area (Å²) in [4.78, 5) is 2.35. The Hall–Kier alpha value is -6.36. The standard InChI is InChI=1S/C46H27NO2S/c1-2-11-28(12-3-1)30-25-26-41-44-34(30)15-8-16-35(44)32-24-23-29(27-42(32)48-41)47(38-19-9-17-36-31-13-4-6-21-40(31)49-45(36)38)39-20-10-18-37-33-14-5-7-22-43(33)50-46(37)39/h1-27H. The van der Waals surface area contributed by atoms with Gasteiger partial charge >= 0.3 is 0 Å². The molecule has 8 aromatic carbocycles. The van der Waals surface area contributed by atoms with Crippen LogP contribution in [0.3, 0.4) is 0 Å². The first-order valence-corrected chi connectivity index (χ1v) is 17.7. The van der Waals surface area contributed by atoms with E-state index in [1.165, 1.54) is 42.2 Å². The predicted octanol–water partition coefficient (Wildman–Crippen LogP) is 14.0. The van der Waals surface area contributed by atoms with Gasteiger partial charge in [-0.2, -0.15) is 0 Å². The van der Waals surface area contributed by atoms with Gasteiger partial charge in [-0.1, -0.05) is 115 Å². The van der Waals surface area contributed by atoms with Gasteiger partial charge in [0.25, 0.3) is 0 Å². The zero-order valence-electron chi connectivity index (χ0n) is 26.8. The number of anilines is 3. The first-order valence-electron chi connectivity index (χ1n) is 16.8. The Morgan fingerprint density at radius 2 is 1.18 bits per heavy atom. The van der Waals surface area contributed by atoms with E-state index in [9.17, 15) is 0 Å². The molecule has 0 aliphatic carbocycles. The maximum absolute atomic E-state index is 6.83. The van der Waals surface area contributed by atoms with E-state index in [1.807, 2.05) is 23.5 Å². The van der Waals surface area contributed by atoms with Gasteiger partial charge in [-0.25, -0.2) is 0 Å². The Balaban J connectivity index is 1.15. The highest BCUT2D eigenvalue weighted by atomic mass is 32.1. The summed E-state index contributed by atoms with van der Waals surface area (Å²) in [5, 5.41) is 7.05. The number of thiophene rings is 1. The van der Waals surface area contributed by atoms with Crippen molar-refractivity contribution in [3.63, 3.8) is 0 Å². The van der Waals surface area contributed by atoms with Crippen LogP contribution in [0.2, 0.25) is 0 Å². The summed E-state index contributed by atoms with van der Waals surface area (Å²) in [6.45, 7) is 0. The molecule has 3 heterocycles. The molecule has 1 aliphatic rings. The normalized spacial score (nSPS) is 12.2. The van der Waals surface area contributed by atoms with Crippen molar-refractivity contribution in [1.29, 1.82) is 0 Å². The average Bonchev–Trinajstić information content (AvgIpc) is 3.75. The van der Waals surface area contributed by atoms with Crippen molar-refractivity contribution in [2.45, 2.75) is 0 Å². The summed E-state index contributed by atoms with van der Waals surface area (Å²) in [6.07, 6.45) is 0. The molecule has 0 N–H and O–H groups in total. The van der Waals surface area contributed by atoms with E-state index < -0.39 is 0 Å². The molecule has 50 heavy (non-hydrogen) atoms. The van der Waals surface area contributed by atoms with E-state index in [1.54, 1.807) is 0 Å². The molecular weight excluding hydrogens is 631 g/mol. The second-order valence-corrected chi connectivity index (χ2v) is 13.9. The lowest BCUT2D eigenvalue weighted by Gasteiger charge is -2.28. The Morgan fingerprint density at radius 3 is 2.10 bits per heavy atom. The number of hydrogen-bond acceptors (Lipinski definition) is 4. The Kier molecular flexibility index (Phi) is 5.83. The van der Waals surface area contributed by atoms with E-state index in [0.29, 0.717) is 0 Å². The highest BCUT2D eigenvalue weighted by Gasteiger charge is 2.26. The van der Waals surface area contributed by atoms with Gasteiger partial charge in [-0.15, -0.1) is 11.3 Å². The van der Waals surface area contributed by atoms with E-state index in [4.69, 9.17) is 9.15 Å². The molecule has 1 aliphatic heterocycles. The molecule has 0 amide bonds. The van der Waals surface area contributed by atoms with Crippen molar-refractivity contribution in [1.82, 2.24) is 0 Å². The third-order valence-electron chi connectivity index (χ3n) is 10.1. The maximum Gasteiger partial charge on any atom is 0.159 e. The number of benzene rings is 8. The minimum Gasteiger partial charge on any atom is -0.456 e. The molecule has 0 atom stereocenters. The Morgan fingerprint density at radius 1 is 0.460 bits per heavy atom. The van der Waals surface area contributed by atoms with Crippen LogP contribution in [0, 0.1) is 0 Å². The summed E-state index contributed by atoms with van der Waals surface area (Å²) >= 11 is 1.83. The van der Waals surface area contributed by atoms with E-state index >= 15 is 0 Å². The number of rotatable bonds is 4. The van der Waals surface area contributed by atoms with Crippen molar-refractivity contribution in [2.75, 3.05) is 4.90 Å². The monoisotopic (exact) mass is 657 g/mol. The van der Waals surface area contributed by atoms with Crippen molar-refractivity contribution in [3.05, 3.63) is 164 Å². The lowest BCUT2D eigenvalue weighted by Crippen LogP contribution is -2.11.